The zero-order valence-corrected chi connectivity index (χ0v) is 12.4. The van der Waals surface area contributed by atoms with Crippen molar-refractivity contribution >= 4 is 15.9 Å². The summed E-state index contributed by atoms with van der Waals surface area (Å²) in [6.07, 6.45) is 1.12. The molecule has 1 aliphatic rings. The summed E-state index contributed by atoms with van der Waals surface area (Å²) in [6.45, 7) is 0.668. The first kappa shape index (κ1) is 13.6. The summed E-state index contributed by atoms with van der Waals surface area (Å²) >= 11 is 3.30. The minimum atomic E-state index is -0.835. The van der Waals surface area contributed by atoms with E-state index in [-0.39, 0.29) is 5.82 Å². The highest BCUT2D eigenvalue weighted by atomic mass is 79.9. The summed E-state index contributed by atoms with van der Waals surface area (Å²) in [4.78, 5) is 0. The van der Waals surface area contributed by atoms with Gasteiger partial charge in [-0.25, -0.2) is 4.39 Å². The van der Waals surface area contributed by atoms with Crippen LogP contribution in [0.3, 0.4) is 0 Å². The van der Waals surface area contributed by atoms with Crippen LogP contribution in [-0.4, -0.2) is 11.7 Å². The molecular weight excluding hydrogens is 323 g/mol. The van der Waals surface area contributed by atoms with Gasteiger partial charge in [0, 0.05) is 10.0 Å². The molecule has 0 radical (unpaired) electrons. The molecule has 20 heavy (non-hydrogen) atoms. The van der Waals surface area contributed by atoms with E-state index in [1.54, 1.807) is 6.07 Å². The van der Waals surface area contributed by atoms with Gasteiger partial charge in [0.15, 0.2) is 0 Å². The Morgan fingerprint density at radius 1 is 1.20 bits per heavy atom. The van der Waals surface area contributed by atoms with Gasteiger partial charge >= 0.3 is 0 Å². The largest absolute Gasteiger partial charge is 0.493 e. The number of fused-ring (bicyclic) bond motifs is 1. The van der Waals surface area contributed by atoms with E-state index in [0.717, 1.165) is 29.7 Å². The Morgan fingerprint density at radius 3 is 2.85 bits per heavy atom. The van der Waals surface area contributed by atoms with Crippen LogP contribution >= 0.6 is 15.9 Å². The molecule has 1 unspecified atom stereocenters. The van der Waals surface area contributed by atoms with Crippen LogP contribution in [0.25, 0.3) is 0 Å². The monoisotopic (exact) mass is 336 g/mol. The zero-order valence-electron chi connectivity index (χ0n) is 10.8. The molecule has 0 saturated carbocycles. The molecule has 1 heterocycles. The molecule has 0 saturated heterocycles. The number of hydrogen-bond donors (Lipinski definition) is 1. The van der Waals surface area contributed by atoms with Crippen molar-refractivity contribution in [3.63, 3.8) is 0 Å². The fourth-order valence-electron chi connectivity index (χ4n) is 2.52. The Kier molecular flexibility index (Phi) is 3.76. The molecule has 0 aromatic heterocycles. The normalized spacial score (nSPS) is 15.3. The lowest BCUT2D eigenvalue weighted by molar-refractivity contribution is 0.206. The minimum absolute atomic E-state index is 0.334. The Hall–Kier alpha value is -1.39. The molecule has 2 aromatic rings. The highest BCUT2D eigenvalue weighted by Gasteiger charge is 2.22. The maximum atomic E-state index is 13.2. The summed E-state index contributed by atoms with van der Waals surface area (Å²) in [5, 5.41) is 10.6. The summed E-state index contributed by atoms with van der Waals surface area (Å²) in [6, 6.07) is 10.1. The van der Waals surface area contributed by atoms with Crippen LogP contribution < -0.4 is 4.74 Å². The minimum Gasteiger partial charge on any atom is -0.493 e. The van der Waals surface area contributed by atoms with Gasteiger partial charge < -0.3 is 9.84 Å². The molecule has 0 bridgehead atoms. The first-order valence-electron chi connectivity index (χ1n) is 6.54. The SMILES string of the molecule is OC(c1ccc(F)cc1Br)c1cccc2c1OCCC2. The quantitative estimate of drug-likeness (QED) is 0.898. The van der Waals surface area contributed by atoms with Gasteiger partial charge in [-0.15, -0.1) is 0 Å². The predicted molar refractivity (Wildman–Crippen MR) is 78.4 cm³/mol. The molecule has 2 nitrogen and oxygen atoms in total. The van der Waals surface area contributed by atoms with Gasteiger partial charge in [0.05, 0.1) is 6.61 Å². The van der Waals surface area contributed by atoms with Crippen LogP contribution in [0.1, 0.15) is 29.2 Å². The first-order valence-corrected chi connectivity index (χ1v) is 7.33. The highest BCUT2D eigenvalue weighted by Crippen LogP contribution is 2.37. The van der Waals surface area contributed by atoms with E-state index in [4.69, 9.17) is 4.74 Å². The molecule has 1 aliphatic heterocycles. The van der Waals surface area contributed by atoms with Gasteiger partial charge in [-0.05, 0) is 36.1 Å². The van der Waals surface area contributed by atoms with Crippen molar-refractivity contribution in [2.24, 2.45) is 0 Å². The van der Waals surface area contributed by atoms with Crippen molar-refractivity contribution in [1.29, 1.82) is 0 Å². The molecule has 104 valence electrons. The van der Waals surface area contributed by atoms with E-state index in [9.17, 15) is 9.50 Å². The molecule has 2 aromatic carbocycles. The predicted octanol–water partition coefficient (Wildman–Crippen LogP) is 3.99. The molecule has 0 spiro atoms. The van der Waals surface area contributed by atoms with E-state index in [2.05, 4.69) is 15.9 Å². The van der Waals surface area contributed by atoms with Crippen molar-refractivity contribution in [1.82, 2.24) is 0 Å². The molecule has 1 atom stereocenters. The van der Waals surface area contributed by atoms with Crippen molar-refractivity contribution in [3.8, 4) is 5.75 Å². The Bertz CT molecular complexity index is 642. The molecule has 0 amide bonds. The molecule has 0 fully saturated rings. The van der Waals surface area contributed by atoms with Gasteiger partial charge in [-0.3, -0.25) is 0 Å². The summed E-state index contributed by atoms with van der Waals surface area (Å²) in [5.41, 5.74) is 2.48. The molecule has 1 N–H and O–H groups in total. The standard InChI is InChI=1S/C16H14BrFO2/c17-14-9-11(18)6-7-12(14)15(19)13-5-1-3-10-4-2-8-20-16(10)13/h1,3,5-7,9,15,19H,2,4,8H2. The maximum Gasteiger partial charge on any atom is 0.128 e. The first-order chi connectivity index (χ1) is 9.66. The summed E-state index contributed by atoms with van der Waals surface area (Å²) in [5.74, 6) is 0.432. The van der Waals surface area contributed by atoms with Crippen LogP contribution in [0.2, 0.25) is 0 Å². The number of halogens is 2. The number of rotatable bonds is 2. The third-order valence-electron chi connectivity index (χ3n) is 3.52. The summed E-state index contributed by atoms with van der Waals surface area (Å²) in [7, 11) is 0. The van der Waals surface area contributed by atoms with Crippen LogP contribution in [0, 0.1) is 5.82 Å². The average molecular weight is 337 g/mol. The molecule has 4 heteroatoms. The number of ether oxygens (including phenoxy) is 1. The number of benzene rings is 2. The second kappa shape index (κ2) is 5.54. The van der Waals surface area contributed by atoms with Gasteiger partial charge in [-0.2, -0.15) is 0 Å². The maximum absolute atomic E-state index is 13.2. The number of aliphatic hydroxyl groups excluding tert-OH is 1. The van der Waals surface area contributed by atoms with Crippen LogP contribution in [0.4, 0.5) is 4.39 Å². The van der Waals surface area contributed by atoms with Gasteiger partial charge in [-0.1, -0.05) is 40.2 Å². The number of aliphatic hydroxyl groups is 1. The number of aryl methyl sites for hydroxylation is 1. The Balaban J connectivity index is 2.04. The van der Waals surface area contributed by atoms with Crippen LogP contribution in [-0.2, 0) is 6.42 Å². The van der Waals surface area contributed by atoms with Crippen molar-refractivity contribution in [3.05, 3.63) is 63.4 Å². The number of para-hydroxylation sites is 1. The lowest BCUT2D eigenvalue weighted by atomic mass is 9.95. The number of hydrogen-bond acceptors (Lipinski definition) is 2. The van der Waals surface area contributed by atoms with E-state index in [1.807, 2.05) is 18.2 Å². The Morgan fingerprint density at radius 2 is 2.05 bits per heavy atom. The average Bonchev–Trinajstić information content (AvgIpc) is 2.46. The van der Waals surface area contributed by atoms with E-state index >= 15 is 0 Å². The fraction of sp³-hybridized carbons (Fsp3) is 0.250. The van der Waals surface area contributed by atoms with Crippen molar-refractivity contribution in [2.75, 3.05) is 6.61 Å². The smallest absolute Gasteiger partial charge is 0.128 e. The van der Waals surface area contributed by atoms with Gasteiger partial charge in [0.25, 0.3) is 0 Å². The zero-order chi connectivity index (χ0) is 14.1. The van der Waals surface area contributed by atoms with Gasteiger partial charge in [0.2, 0.25) is 0 Å². The van der Waals surface area contributed by atoms with Gasteiger partial charge in [0.1, 0.15) is 17.7 Å². The lowest BCUT2D eigenvalue weighted by Crippen LogP contribution is -2.12. The third-order valence-corrected chi connectivity index (χ3v) is 4.20. The van der Waals surface area contributed by atoms with E-state index in [0.29, 0.717) is 16.6 Å². The second-order valence-electron chi connectivity index (χ2n) is 4.86. The Labute approximate surface area is 125 Å². The fourth-order valence-corrected chi connectivity index (χ4v) is 3.09. The molecular formula is C16H14BrFO2. The van der Waals surface area contributed by atoms with Crippen molar-refractivity contribution < 1.29 is 14.2 Å². The van der Waals surface area contributed by atoms with E-state index < -0.39 is 6.10 Å². The lowest BCUT2D eigenvalue weighted by Gasteiger charge is -2.23. The van der Waals surface area contributed by atoms with Crippen LogP contribution in [0.15, 0.2) is 40.9 Å². The molecule has 0 aliphatic carbocycles. The topological polar surface area (TPSA) is 29.5 Å². The summed E-state index contributed by atoms with van der Waals surface area (Å²) < 4.78 is 19.4. The second-order valence-corrected chi connectivity index (χ2v) is 5.71. The highest BCUT2D eigenvalue weighted by molar-refractivity contribution is 9.10. The third kappa shape index (κ3) is 2.45. The molecule has 3 rings (SSSR count). The van der Waals surface area contributed by atoms with Crippen LogP contribution in [0.5, 0.6) is 5.75 Å². The van der Waals surface area contributed by atoms with E-state index in [1.165, 1.54) is 12.1 Å². The van der Waals surface area contributed by atoms with Crippen molar-refractivity contribution in [2.45, 2.75) is 18.9 Å².